The Bertz CT molecular complexity index is 1010. The minimum atomic E-state index is -4.06. The molecule has 0 radical (unpaired) electrons. The third-order valence-electron chi connectivity index (χ3n) is 4.60. The van der Waals surface area contributed by atoms with Gasteiger partial charge in [-0.25, -0.2) is 12.8 Å². The van der Waals surface area contributed by atoms with Gasteiger partial charge in [0, 0.05) is 30.7 Å². The number of carbonyl (C=O) groups is 1. The first-order chi connectivity index (χ1) is 14.3. The number of morpholine rings is 1. The lowest BCUT2D eigenvalue weighted by Gasteiger charge is -2.26. The third-order valence-corrected chi connectivity index (χ3v) is 6.75. The van der Waals surface area contributed by atoms with E-state index in [-0.39, 0.29) is 45.0 Å². The number of amides is 1. The number of rotatable bonds is 7. The first-order valence-electron chi connectivity index (χ1n) is 9.30. The summed E-state index contributed by atoms with van der Waals surface area (Å²) in [6.07, 6.45) is 0. The molecule has 0 atom stereocenters. The van der Waals surface area contributed by atoms with E-state index in [0.29, 0.717) is 10.8 Å². The van der Waals surface area contributed by atoms with Crippen LogP contribution in [0.4, 0.5) is 4.39 Å². The van der Waals surface area contributed by atoms with Crippen molar-refractivity contribution >= 4 is 27.5 Å². The zero-order chi connectivity index (χ0) is 21.7. The molecule has 0 aliphatic carbocycles. The number of halogens is 2. The Balaban J connectivity index is 1.69. The molecule has 1 amide bonds. The predicted octanol–water partition coefficient (Wildman–Crippen LogP) is 2.65. The van der Waals surface area contributed by atoms with Crippen LogP contribution in [0.15, 0.2) is 47.4 Å². The van der Waals surface area contributed by atoms with Crippen LogP contribution in [0.3, 0.4) is 0 Å². The molecule has 0 spiro atoms. The molecule has 7 nitrogen and oxygen atoms in total. The lowest BCUT2D eigenvalue weighted by Crippen LogP contribution is -2.41. The smallest absolute Gasteiger partial charge is 0.253 e. The van der Waals surface area contributed by atoms with Crippen molar-refractivity contribution in [2.75, 3.05) is 46.5 Å². The number of nitrogens with zero attached hydrogens (tertiary/aromatic N) is 2. The molecule has 3 rings (SSSR count). The molecular weight excluding hydrogens is 435 g/mol. The molecule has 1 aliphatic heterocycles. The summed E-state index contributed by atoms with van der Waals surface area (Å²) in [5, 5.41) is 0.539. The summed E-state index contributed by atoms with van der Waals surface area (Å²) in [7, 11) is -2.50. The molecular formula is C20H22ClFN2O5S. The van der Waals surface area contributed by atoms with Crippen molar-refractivity contribution < 1.29 is 27.1 Å². The zero-order valence-electron chi connectivity index (χ0n) is 16.4. The Labute approximate surface area is 180 Å². The third kappa shape index (κ3) is 5.28. The fraction of sp³-hybridized carbons (Fsp3) is 0.350. The standard InChI is InChI=1S/C20H22ClFN2O5S/c1-23(7-12-29-17-4-2-3-16(21)14-17)20(25)15-5-6-18(22)19(13-15)30(26,27)24-8-10-28-11-9-24/h2-6,13-14H,7-12H2,1H3. The van der Waals surface area contributed by atoms with Gasteiger partial charge in [0.15, 0.2) is 0 Å². The highest BCUT2D eigenvalue weighted by atomic mass is 35.5. The van der Waals surface area contributed by atoms with E-state index < -0.39 is 26.6 Å². The second-order valence-electron chi connectivity index (χ2n) is 6.69. The minimum Gasteiger partial charge on any atom is -0.492 e. The Morgan fingerprint density at radius 3 is 2.67 bits per heavy atom. The van der Waals surface area contributed by atoms with E-state index in [1.165, 1.54) is 11.0 Å². The van der Waals surface area contributed by atoms with Gasteiger partial charge in [-0.1, -0.05) is 17.7 Å². The second kappa shape index (κ2) is 9.74. The number of hydrogen-bond donors (Lipinski definition) is 0. The largest absolute Gasteiger partial charge is 0.492 e. The summed E-state index contributed by atoms with van der Waals surface area (Å²) in [5.41, 5.74) is 0.0773. The van der Waals surface area contributed by atoms with E-state index in [9.17, 15) is 17.6 Å². The van der Waals surface area contributed by atoms with Gasteiger partial charge in [0.05, 0.1) is 19.8 Å². The van der Waals surface area contributed by atoms with E-state index >= 15 is 0 Å². The lowest BCUT2D eigenvalue weighted by molar-refractivity contribution is 0.0729. The molecule has 1 saturated heterocycles. The van der Waals surface area contributed by atoms with Crippen molar-refractivity contribution in [2.24, 2.45) is 0 Å². The predicted molar refractivity (Wildman–Crippen MR) is 110 cm³/mol. The number of hydrogen-bond acceptors (Lipinski definition) is 5. The SMILES string of the molecule is CN(CCOc1cccc(Cl)c1)C(=O)c1ccc(F)c(S(=O)(=O)N2CCOCC2)c1. The summed E-state index contributed by atoms with van der Waals surface area (Å²) in [6.45, 7) is 1.22. The van der Waals surface area contributed by atoms with Crippen molar-refractivity contribution in [1.29, 1.82) is 0 Å². The maximum Gasteiger partial charge on any atom is 0.253 e. The van der Waals surface area contributed by atoms with E-state index in [2.05, 4.69) is 0 Å². The Kier molecular flexibility index (Phi) is 7.30. The molecule has 1 fully saturated rings. The summed E-state index contributed by atoms with van der Waals surface area (Å²) in [5.74, 6) is -0.767. The first kappa shape index (κ1) is 22.5. The molecule has 0 aromatic heterocycles. The van der Waals surface area contributed by atoms with Crippen LogP contribution in [0.2, 0.25) is 5.02 Å². The fourth-order valence-corrected chi connectivity index (χ4v) is 4.62. The number of benzene rings is 2. The highest BCUT2D eigenvalue weighted by molar-refractivity contribution is 7.89. The van der Waals surface area contributed by atoms with E-state index in [1.54, 1.807) is 31.3 Å². The van der Waals surface area contributed by atoms with Crippen LogP contribution in [0.1, 0.15) is 10.4 Å². The molecule has 0 bridgehead atoms. The topological polar surface area (TPSA) is 76.2 Å². The average molecular weight is 457 g/mol. The van der Waals surface area contributed by atoms with Crippen molar-refractivity contribution in [1.82, 2.24) is 9.21 Å². The quantitative estimate of drug-likeness (QED) is 0.640. The van der Waals surface area contributed by atoms with Crippen LogP contribution < -0.4 is 4.74 Å². The lowest BCUT2D eigenvalue weighted by atomic mass is 10.2. The Hall–Kier alpha value is -2.20. The first-order valence-corrected chi connectivity index (χ1v) is 11.1. The maximum absolute atomic E-state index is 14.3. The number of carbonyl (C=O) groups excluding carboxylic acids is 1. The van der Waals surface area contributed by atoms with Crippen molar-refractivity contribution in [3.63, 3.8) is 0 Å². The van der Waals surface area contributed by atoms with Crippen molar-refractivity contribution in [3.05, 3.63) is 58.9 Å². The van der Waals surface area contributed by atoms with E-state index in [1.807, 2.05) is 0 Å². The monoisotopic (exact) mass is 456 g/mol. The molecule has 30 heavy (non-hydrogen) atoms. The maximum atomic E-state index is 14.3. The summed E-state index contributed by atoms with van der Waals surface area (Å²) in [6, 6.07) is 10.2. The number of ether oxygens (including phenoxy) is 2. The second-order valence-corrected chi connectivity index (χ2v) is 9.04. The van der Waals surface area contributed by atoms with Crippen LogP contribution >= 0.6 is 11.6 Å². The van der Waals surface area contributed by atoms with E-state index in [0.717, 1.165) is 16.4 Å². The molecule has 10 heteroatoms. The summed E-state index contributed by atoms with van der Waals surface area (Å²) in [4.78, 5) is 13.6. The zero-order valence-corrected chi connectivity index (χ0v) is 18.0. The highest BCUT2D eigenvalue weighted by Gasteiger charge is 2.30. The van der Waals surface area contributed by atoms with Crippen LogP contribution in [-0.4, -0.2) is 70.0 Å². The van der Waals surface area contributed by atoms with Gasteiger partial charge in [-0.2, -0.15) is 4.31 Å². The van der Waals surface area contributed by atoms with Gasteiger partial charge in [0.1, 0.15) is 23.1 Å². The number of likely N-dealkylation sites (N-methyl/N-ethyl adjacent to an activating group) is 1. The minimum absolute atomic E-state index is 0.0773. The molecule has 0 N–H and O–H groups in total. The summed E-state index contributed by atoms with van der Waals surface area (Å²) >= 11 is 5.90. The van der Waals surface area contributed by atoms with Gasteiger partial charge in [-0.15, -0.1) is 0 Å². The fourth-order valence-electron chi connectivity index (χ4n) is 2.94. The van der Waals surface area contributed by atoms with Crippen molar-refractivity contribution in [2.45, 2.75) is 4.90 Å². The van der Waals surface area contributed by atoms with Crippen LogP contribution in [-0.2, 0) is 14.8 Å². The van der Waals surface area contributed by atoms with Gasteiger partial charge < -0.3 is 14.4 Å². The summed E-state index contributed by atoms with van der Waals surface area (Å²) < 4.78 is 51.8. The molecule has 2 aromatic rings. The molecule has 2 aromatic carbocycles. The Morgan fingerprint density at radius 1 is 1.23 bits per heavy atom. The van der Waals surface area contributed by atoms with Crippen molar-refractivity contribution in [3.8, 4) is 5.75 Å². The highest BCUT2D eigenvalue weighted by Crippen LogP contribution is 2.22. The normalized spacial score (nSPS) is 15.0. The van der Waals surface area contributed by atoms with Crippen LogP contribution in [0, 0.1) is 5.82 Å². The molecule has 0 unspecified atom stereocenters. The van der Waals surface area contributed by atoms with Gasteiger partial charge in [0.2, 0.25) is 10.0 Å². The number of sulfonamides is 1. The van der Waals surface area contributed by atoms with Crippen LogP contribution in [0.25, 0.3) is 0 Å². The molecule has 0 saturated carbocycles. The van der Waals surface area contributed by atoms with E-state index in [4.69, 9.17) is 21.1 Å². The van der Waals surface area contributed by atoms with Gasteiger partial charge >= 0.3 is 0 Å². The Morgan fingerprint density at radius 2 is 1.97 bits per heavy atom. The molecule has 1 aliphatic rings. The molecule has 1 heterocycles. The molecule has 162 valence electrons. The average Bonchev–Trinajstić information content (AvgIpc) is 2.74. The van der Waals surface area contributed by atoms with Gasteiger partial charge in [0.25, 0.3) is 5.91 Å². The van der Waals surface area contributed by atoms with Crippen LogP contribution in [0.5, 0.6) is 5.75 Å². The van der Waals surface area contributed by atoms with Gasteiger partial charge in [-0.05, 0) is 36.4 Å². The van der Waals surface area contributed by atoms with Gasteiger partial charge in [-0.3, -0.25) is 4.79 Å².